The van der Waals surface area contributed by atoms with Gasteiger partial charge >= 0.3 is 5.69 Å². The molecule has 6 nitrogen and oxygen atoms in total. The van der Waals surface area contributed by atoms with Crippen molar-refractivity contribution in [2.24, 2.45) is 11.8 Å². The lowest BCUT2D eigenvalue weighted by Gasteiger charge is -2.19. The molecular weight excluding hydrogens is 232 g/mol. The molecule has 0 radical (unpaired) electrons. The molecule has 2 rings (SSSR count). The summed E-state index contributed by atoms with van der Waals surface area (Å²) in [5, 5.41) is 11.2. The molecule has 1 aliphatic heterocycles. The Morgan fingerprint density at radius 1 is 1.61 bits per heavy atom. The number of nitrogens with two attached hydrogens (primary N) is 1. The number of hydrogen-bond acceptors (Lipinski definition) is 5. The van der Waals surface area contributed by atoms with Gasteiger partial charge in [-0.25, -0.2) is 0 Å². The van der Waals surface area contributed by atoms with E-state index in [1.807, 2.05) is 0 Å². The summed E-state index contributed by atoms with van der Waals surface area (Å²) in [5.41, 5.74) is 3.48. The lowest BCUT2D eigenvalue weighted by Crippen LogP contribution is -2.21. The van der Waals surface area contributed by atoms with Crippen molar-refractivity contribution in [2.75, 3.05) is 23.4 Å². The Kier molecular flexibility index (Phi) is 3.66. The van der Waals surface area contributed by atoms with Crippen molar-refractivity contribution in [3.05, 3.63) is 28.3 Å². The third kappa shape index (κ3) is 2.24. The summed E-state index contributed by atoms with van der Waals surface area (Å²) >= 11 is 0. The Labute approximate surface area is 106 Å². The second kappa shape index (κ2) is 5.22. The maximum absolute atomic E-state index is 11.2. The minimum atomic E-state index is -0.371. The van der Waals surface area contributed by atoms with Crippen molar-refractivity contribution in [1.29, 1.82) is 0 Å². The van der Waals surface area contributed by atoms with Crippen molar-refractivity contribution >= 4 is 17.1 Å². The number of hydrogen-bond donors (Lipinski definition) is 2. The molecule has 0 bridgehead atoms. The Bertz CT molecular complexity index is 450. The minimum Gasteiger partial charge on any atom is -0.366 e. The van der Waals surface area contributed by atoms with Crippen LogP contribution in [0.4, 0.5) is 17.1 Å². The van der Waals surface area contributed by atoms with Crippen LogP contribution in [-0.2, 0) is 0 Å². The maximum Gasteiger partial charge on any atom is 0.316 e. The largest absolute Gasteiger partial charge is 0.366 e. The molecule has 0 aromatic heterocycles. The molecule has 1 heterocycles. The second-order valence-electron chi connectivity index (χ2n) is 4.58. The smallest absolute Gasteiger partial charge is 0.316 e. The van der Waals surface area contributed by atoms with E-state index in [1.165, 1.54) is 0 Å². The Morgan fingerprint density at radius 3 is 2.94 bits per heavy atom. The SMILES string of the molecule is CCC1CCN(c2cccc(NN)c2[N+](=O)[O-])C1. The molecule has 0 saturated carbocycles. The first-order chi connectivity index (χ1) is 8.67. The van der Waals surface area contributed by atoms with Crippen LogP contribution in [0.15, 0.2) is 18.2 Å². The molecule has 3 N–H and O–H groups in total. The molecule has 1 aliphatic rings. The number of nitro groups is 1. The van der Waals surface area contributed by atoms with E-state index in [4.69, 9.17) is 5.84 Å². The second-order valence-corrected chi connectivity index (χ2v) is 4.58. The first-order valence-electron chi connectivity index (χ1n) is 6.16. The highest BCUT2D eigenvalue weighted by Crippen LogP contribution is 2.37. The van der Waals surface area contributed by atoms with Crippen LogP contribution in [0.2, 0.25) is 0 Å². The van der Waals surface area contributed by atoms with Crippen molar-refractivity contribution < 1.29 is 4.92 Å². The van der Waals surface area contributed by atoms with Gasteiger partial charge in [-0.2, -0.15) is 0 Å². The summed E-state index contributed by atoms with van der Waals surface area (Å²) < 4.78 is 0. The third-order valence-electron chi connectivity index (χ3n) is 3.56. The number of nitrogens with zero attached hydrogens (tertiary/aromatic N) is 2. The van der Waals surface area contributed by atoms with Crippen LogP contribution < -0.4 is 16.2 Å². The highest BCUT2D eigenvalue weighted by Gasteiger charge is 2.28. The van der Waals surface area contributed by atoms with E-state index in [-0.39, 0.29) is 10.6 Å². The fourth-order valence-corrected chi connectivity index (χ4v) is 2.48. The number of nitrogens with one attached hydrogen (secondary N) is 1. The molecule has 1 aromatic carbocycles. The van der Waals surface area contributed by atoms with Crippen LogP contribution in [0.5, 0.6) is 0 Å². The van der Waals surface area contributed by atoms with Gasteiger partial charge in [0, 0.05) is 13.1 Å². The number of rotatable bonds is 4. The van der Waals surface area contributed by atoms with Crippen molar-refractivity contribution in [2.45, 2.75) is 19.8 Å². The fourth-order valence-electron chi connectivity index (χ4n) is 2.48. The zero-order valence-electron chi connectivity index (χ0n) is 10.4. The van der Waals surface area contributed by atoms with E-state index >= 15 is 0 Å². The highest BCUT2D eigenvalue weighted by molar-refractivity contribution is 5.76. The third-order valence-corrected chi connectivity index (χ3v) is 3.56. The lowest BCUT2D eigenvalue weighted by atomic mass is 10.1. The van der Waals surface area contributed by atoms with Crippen LogP contribution >= 0.6 is 0 Å². The van der Waals surface area contributed by atoms with Gasteiger partial charge in [-0.3, -0.25) is 16.0 Å². The monoisotopic (exact) mass is 250 g/mol. The van der Waals surface area contributed by atoms with E-state index in [1.54, 1.807) is 18.2 Å². The van der Waals surface area contributed by atoms with Gasteiger partial charge < -0.3 is 10.3 Å². The number of nitro benzene ring substituents is 1. The zero-order valence-corrected chi connectivity index (χ0v) is 10.4. The summed E-state index contributed by atoms with van der Waals surface area (Å²) in [6, 6.07) is 5.20. The van der Waals surface area contributed by atoms with Gasteiger partial charge in [-0.1, -0.05) is 19.4 Å². The van der Waals surface area contributed by atoms with Gasteiger partial charge in [-0.15, -0.1) is 0 Å². The number of hydrazine groups is 1. The molecule has 0 amide bonds. The molecule has 0 spiro atoms. The van der Waals surface area contributed by atoms with E-state index in [9.17, 15) is 10.1 Å². The van der Waals surface area contributed by atoms with Gasteiger partial charge in [0.15, 0.2) is 0 Å². The van der Waals surface area contributed by atoms with Gasteiger partial charge in [-0.05, 0) is 24.5 Å². The number of anilines is 2. The number of benzene rings is 1. The van der Waals surface area contributed by atoms with E-state index < -0.39 is 0 Å². The van der Waals surface area contributed by atoms with Gasteiger partial charge in [0.2, 0.25) is 0 Å². The maximum atomic E-state index is 11.2. The predicted molar refractivity (Wildman–Crippen MR) is 71.5 cm³/mol. The first-order valence-corrected chi connectivity index (χ1v) is 6.16. The Hall–Kier alpha value is -1.82. The number of nitrogen functional groups attached to an aromatic ring is 1. The average molecular weight is 250 g/mol. The van der Waals surface area contributed by atoms with E-state index in [0.29, 0.717) is 17.3 Å². The summed E-state index contributed by atoms with van der Waals surface area (Å²) in [6.07, 6.45) is 2.20. The predicted octanol–water partition coefficient (Wildman–Crippen LogP) is 2.12. The zero-order chi connectivity index (χ0) is 13.1. The van der Waals surface area contributed by atoms with Gasteiger partial charge in [0.05, 0.1) is 4.92 Å². The van der Waals surface area contributed by atoms with Gasteiger partial charge in [0.1, 0.15) is 11.4 Å². The molecular formula is C12H18N4O2. The van der Waals surface area contributed by atoms with Crippen molar-refractivity contribution in [1.82, 2.24) is 0 Å². The molecule has 1 aromatic rings. The molecule has 1 unspecified atom stereocenters. The van der Waals surface area contributed by atoms with Crippen molar-refractivity contribution in [3.63, 3.8) is 0 Å². The minimum absolute atomic E-state index is 0.0664. The normalized spacial score (nSPS) is 19.0. The van der Waals surface area contributed by atoms with Crippen LogP contribution in [-0.4, -0.2) is 18.0 Å². The summed E-state index contributed by atoms with van der Waals surface area (Å²) in [6.45, 7) is 3.90. The standard InChI is InChI=1S/C12H18N4O2/c1-2-9-6-7-15(8-9)11-5-3-4-10(14-13)12(11)16(17)18/h3-5,9,14H,2,6-8,13H2,1H3. The molecule has 6 heteroatoms. The van der Waals surface area contributed by atoms with Gasteiger partial charge in [0.25, 0.3) is 0 Å². The lowest BCUT2D eigenvalue weighted by molar-refractivity contribution is -0.383. The molecule has 1 atom stereocenters. The Morgan fingerprint density at radius 2 is 2.39 bits per heavy atom. The molecule has 98 valence electrons. The van der Waals surface area contributed by atoms with Crippen LogP contribution in [0.3, 0.4) is 0 Å². The summed E-state index contributed by atoms with van der Waals surface area (Å²) in [7, 11) is 0. The van der Waals surface area contributed by atoms with E-state index in [0.717, 1.165) is 25.9 Å². The average Bonchev–Trinajstić information content (AvgIpc) is 2.86. The topological polar surface area (TPSA) is 84.4 Å². The van der Waals surface area contributed by atoms with E-state index in [2.05, 4.69) is 17.2 Å². The van der Waals surface area contributed by atoms with Crippen LogP contribution in [0.1, 0.15) is 19.8 Å². The number of para-hydroxylation sites is 1. The quantitative estimate of drug-likeness (QED) is 0.485. The van der Waals surface area contributed by atoms with Crippen LogP contribution in [0, 0.1) is 16.0 Å². The highest BCUT2D eigenvalue weighted by atomic mass is 16.6. The van der Waals surface area contributed by atoms with Crippen LogP contribution in [0.25, 0.3) is 0 Å². The van der Waals surface area contributed by atoms with Crippen molar-refractivity contribution in [3.8, 4) is 0 Å². The molecule has 0 aliphatic carbocycles. The summed E-state index contributed by atoms with van der Waals surface area (Å²) in [4.78, 5) is 12.9. The molecule has 18 heavy (non-hydrogen) atoms. The summed E-state index contributed by atoms with van der Waals surface area (Å²) in [5.74, 6) is 5.96. The fraction of sp³-hybridized carbons (Fsp3) is 0.500. The first kappa shape index (κ1) is 12.6. The molecule has 1 fully saturated rings. The Balaban J connectivity index is 2.36. The molecule has 1 saturated heterocycles.